The monoisotopic (exact) mass is 275 g/mol. The van der Waals surface area contributed by atoms with Crippen LogP contribution in [0, 0.1) is 17.6 Å². The molecule has 3 heteroatoms. The molecule has 0 aliphatic carbocycles. The molecule has 1 unspecified atom stereocenters. The van der Waals surface area contributed by atoms with Gasteiger partial charge in [0.1, 0.15) is 0 Å². The van der Waals surface area contributed by atoms with Crippen molar-refractivity contribution in [3.05, 3.63) is 65.7 Å². The van der Waals surface area contributed by atoms with Gasteiger partial charge in [0, 0.05) is 12.5 Å². The lowest BCUT2D eigenvalue weighted by Crippen LogP contribution is -2.18. The molecule has 0 saturated heterocycles. The van der Waals surface area contributed by atoms with E-state index in [-0.39, 0.29) is 11.6 Å². The van der Waals surface area contributed by atoms with Crippen molar-refractivity contribution in [1.82, 2.24) is 0 Å². The van der Waals surface area contributed by atoms with Crippen LogP contribution < -0.4 is 5.32 Å². The molecule has 0 aliphatic rings. The highest BCUT2D eigenvalue weighted by molar-refractivity contribution is 5.45. The molecular formula is C17H19F2N. The molecule has 0 aromatic heterocycles. The lowest BCUT2D eigenvalue weighted by Gasteiger charge is -2.22. The summed E-state index contributed by atoms with van der Waals surface area (Å²) in [4.78, 5) is 0. The largest absolute Gasteiger partial charge is 0.382 e. The van der Waals surface area contributed by atoms with Gasteiger partial charge >= 0.3 is 0 Å². The van der Waals surface area contributed by atoms with Crippen LogP contribution in [0.5, 0.6) is 0 Å². The molecule has 2 rings (SSSR count). The molecular weight excluding hydrogens is 256 g/mol. The molecule has 0 aliphatic heterocycles. The van der Waals surface area contributed by atoms with Crippen LogP contribution in [0.1, 0.15) is 25.3 Å². The molecule has 2 aromatic rings. The Morgan fingerprint density at radius 2 is 1.65 bits per heavy atom. The first-order valence-corrected chi connectivity index (χ1v) is 6.82. The standard InChI is InChI=1S/C17H19F2N/c1-12(2)14(13-7-4-3-5-8-13)11-20-16-10-6-9-15(18)17(16)19/h3-10,12,14,20H,11H2,1-2H3. The number of nitrogens with one attached hydrogen (secondary N) is 1. The first-order valence-electron chi connectivity index (χ1n) is 6.82. The highest BCUT2D eigenvalue weighted by Gasteiger charge is 2.16. The number of benzene rings is 2. The number of halogens is 2. The SMILES string of the molecule is CC(C)C(CNc1cccc(F)c1F)c1ccccc1. The molecule has 1 N–H and O–H groups in total. The molecule has 0 bridgehead atoms. The van der Waals surface area contributed by atoms with Crippen molar-refractivity contribution in [3.63, 3.8) is 0 Å². The Hall–Kier alpha value is -1.90. The van der Waals surface area contributed by atoms with E-state index in [4.69, 9.17) is 0 Å². The van der Waals surface area contributed by atoms with Crippen molar-refractivity contribution in [3.8, 4) is 0 Å². The van der Waals surface area contributed by atoms with Gasteiger partial charge in [0.05, 0.1) is 5.69 Å². The second-order valence-electron chi connectivity index (χ2n) is 5.24. The molecule has 0 amide bonds. The zero-order chi connectivity index (χ0) is 14.5. The van der Waals surface area contributed by atoms with Crippen LogP contribution in [-0.4, -0.2) is 6.54 Å². The van der Waals surface area contributed by atoms with E-state index >= 15 is 0 Å². The van der Waals surface area contributed by atoms with Gasteiger partial charge in [-0.25, -0.2) is 8.78 Å². The summed E-state index contributed by atoms with van der Waals surface area (Å²) in [6, 6.07) is 14.3. The maximum atomic E-state index is 13.6. The molecule has 20 heavy (non-hydrogen) atoms. The molecule has 0 radical (unpaired) electrons. The maximum absolute atomic E-state index is 13.6. The number of rotatable bonds is 5. The van der Waals surface area contributed by atoms with Crippen molar-refractivity contribution in [2.75, 3.05) is 11.9 Å². The molecule has 2 aromatic carbocycles. The summed E-state index contributed by atoms with van der Waals surface area (Å²) >= 11 is 0. The Kier molecular flexibility index (Phi) is 4.72. The summed E-state index contributed by atoms with van der Waals surface area (Å²) in [7, 11) is 0. The predicted octanol–water partition coefficient (Wildman–Crippen LogP) is 4.82. The third-order valence-electron chi connectivity index (χ3n) is 3.50. The fraction of sp³-hybridized carbons (Fsp3) is 0.294. The number of anilines is 1. The van der Waals surface area contributed by atoms with E-state index in [1.54, 1.807) is 6.07 Å². The first-order chi connectivity index (χ1) is 9.59. The quantitative estimate of drug-likeness (QED) is 0.825. The lowest BCUT2D eigenvalue weighted by atomic mass is 9.88. The second-order valence-corrected chi connectivity index (χ2v) is 5.24. The normalized spacial score (nSPS) is 12.4. The van der Waals surface area contributed by atoms with Gasteiger partial charge in [-0.15, -0.1) is 0 Å². The Morgan fingerprint density at radius 3 is 2.30 bits per heavy atom. The van der Waals surface area contributed by atoms with Crippen molar-refractivity contribution in [2.24, 2.45) is 5.92 Å². The highest BCUT2D eigenvalue weighted by atomic mass is 19.2. The zero-order valence-corrected chi connectivity index (χ0v) is 11.7. The fourth-order valence-corrected chi connectivity index (χ4v) is 2.30. The minimum Gasteiger partial charge on any atom is -0.382 e. The van der Waals surface area contributed by atoms with Gasteiger partial charge in [-0.1, -0.05) is 50.2 Å². The third kappa shape index (κ3) is 3.35. The zero-order valence-electron chi connectivity index (χ0n) is 11.7. The van der Waals surface area contributed by atoms with E-state index in [2.05, 4.69) is 31.3 Å². The van der Waals surface area contributed by atoms with E-state index in [9.17, 15) is 8.78 Å². The van der Waals surface area contributed by atoms with Crippen LogP contribution in [0.4, 0.5) is 14.5 Å². The molecule has 0 heterocycles. The molecule has 0 saturated carbocycles. The smallest absolute Gasteiger partial charge is 0.181 e. The highest BCUT2D eigenvalue weighted by Crippen LogP contribution is 2.25. The predicted molar refractivity (Wildman–Crippen MR) is 78.9 cm³/mol. The first kappa shape index (κ1) is 14.5. The van der Waals surface area contributed by atoms with Gasteiger partial charge in [-0.2, -0.15) is 0 Å². The van der Waals surface area contributed by atoms with Crippen molar-refractivity contribution in [1.29, 1.82) is 0 Å². The van der Waals surface area contributed by atoms with Gasteiger partial charge in [-0.3, -0.25) is 0 Å². The summed E-state index contributed by atoms with van der Waals surface area (Å²) in [6.45, 7) is 4.82. The molecule has 1 nitrogen and oxygen atoms in total. The van der Waals surface area contributed by atoms with E-state index in [0.717, 1.165) is 6.07 Å². The topological polar surface area (TPSA) is 12.0 Å². The summed E-state index contributed by atoms with van der Waals surface area (Å²) in [6.07, 6.45) is 0. The van der Waals surface area contributed by atoms with Crippen molar-refractivity contribution in [2.45, 2.75) is 19.8 Å². The Bertz CT molecular complexity index is 552. The van der Waals surface area contributed by atoms with E-state index in [0.29, 0.717) is 12.5 Å². The van der Waals surface area contributed by atoms with Crippen LogP contribution in [0.2, 0.25) is 0 Å². The third-order valence-corrected chi connectivity index (χ3v) is 3.50. The lowest BCUT2D eigenvalue weighted by molar-refractivity contribution is 0.501. The van der Waals surface area contributed by atoms with Crippen LogP contribution in [0.3, 0.4) is 0 Å². The minimum atomic E-state index is -0.823. The van der Waals surface area contributed by atoms with E-state index in [1.807, 2.05) is 18.2 Å². The molecule has 0 spiro atoms. The van der Waals surface area contributed by atoms with Crippen LogP contribution in [0.25, 0.3) is 0 Å². The van der Waals surface area contributed by atoms with Gasteiger partial charge in [-0.05, 0) is 23.6 Å². The number of hydrogen-bond donors (Lipinski definition) is 1. The average molecular weight is 275 g/mol. The van der Waals surface area contributed by atoms with Gasteiger partial charge in [0.25, 0.3) is 0 Å². The Labute approximate surface area is 118 Å². The molecule has 1 atom stereocenters. The Balaban J connectivity index is 2.12. The summed E-state index contributed by atoms with van der Waals surface area (Å²) in [5.74, 6) is -0.987. The number of hydrogen-bond acceptors (Lipinski definition) is 1. The fourth-order valence-electron chi connectivity index (χ4n) is 2.30. The average Bonchev–Trinajstić information content (AvgIpc) is 2.44. The summed E-state index contributed by atoms with van der Waals surface area (Å²) in [5, 5.41) is 3.02. The van der Waals surface area contributed by atoms with E-state index < -0.39 is 11.6 Å². The molecule has 106 valence electrons. The molecule has 0 fully saturated rings. The van der Waals surface area contributed by atoms with Gasteiger partial charge in [0.2, 0.25) is 0 Å². The van der Waals surface area contributed by atoms with Crippen molar-refractivity contribution < 1.29 is 8.78 Å². The second kappa shape index (κ2) is 6.51. The van der Waals surface area contributed by atoms with Crippen molar-refractivity contribution >= 4 is 5.69 Å². The van der Waals surface area contributed by atoms with Crippen LogP contribution in [-0.2, 0) is 0 Å². The minimum absolute atomic E-state index is 0.214. The summed E-state index contributed by atoms with van der Waals surface area (Å²) < 4.78 is 26.8. The van der Waals surface area contributed by atoms with Gasteiger partial charge in [0.15, 0.2) is 11.6 Å². The van der Waals surface area contributed by atoms with Crippen LogP contribution >= 0.6 is 0 Å². The maximum Gasteiger partial charge on any atom is 0.181 e. The van der Waals surface area contributed by atoms with Gasteiger partial charge < -0.3 is 5.32 Å². The van der Waals surface area contributed by atoms with E-state index in [1.165, 1.54) is 11.6 Å². The van der Waals surface area contributed by atoms with Crippen LogP contribution in [0.15, 0.2) is 48.5 Å². The Morgan fingerprint density at radius 1 is 0.950 bits per heavy atom. The summed E-state index contributed by atoms with van der Waals surface area (Å²) in [5.41, 5.74) is 1.42.